The number of thiophene rings is 1. The molecule has 0 aliphatic heterocycles. The molecule has 0 saturated carbocycles. The molecule has 0 atom stereocenters. The normalized spacial score (nSPS) is 11.0. The summed E-state index contributed by atoms with van der Waals surface area (Å²) in [5, 5.41) is 0.975. The van der Waals surface area contributed by atoms with Gasteiger partial charge in [-0.15, -0.1) is 35.7 Å². The fourth-order valence-electron chi connectivity index (χ4n) is 1.25. The van der Waals surface area contributed by atoms with Crippen molar-refractivity contribution in [1.82, 2.24) is 0 Å². The molecule has 0 amide bonds. The number of halogens is 1. The predicted molar refractivity (Wildman–Crippen MR) is 60.8 cm³/mol. The van der Waals surface area contributed by atoms with Crippen LogP contribution in [0.5, 0.6) is 0 Å². The lowest BCUT2D eigenvalue weighted by atomic mass is 10.2. The van der Waals surface area contributed by atoms with E-state index in [2.05, 4.69) is 12.6 Å². The van der Waals surface area contributed by atoms with E-state index < -0.39 is 0 Å². The van der Waals surface area contributed by atoms with Crippen LogP contribution in [0.15, 0.2) is 27.3 Å². The third-order valence-electron chi connectivity index (χ3n) is 1.79. The Kier molecular flexibility index (Phi) is 2.53. The Bertz CT molecular complexity index is 447. The molecule has 0 unspecified atom stereocenters. The van der Waals surface area contributed by atoms with Gasteiger partial charge in [0.05, 0.1) is 9.10 Å². The van der Waals surface area contributed by atoms with Gasteiger partial charge in [-0.3, -0.25) is 0 Å². The molecule has 68 valence electrons. The molecule has 0 saturated heterocycles. The predicted octanol–water partition coefficient (Wildman–Crippen LogP) is 4.05. The molecule has 0 nitrogen and oxygen atoms in total. The Morgan fingerprint density at radius 2 is 2.23 bits per heavy atom. The van der Waals surface area contributed by atoms with Gasteiger partial charge in [0.15, 0.2) is 0 Å². The Balaban J connectivity index is 2.82. The zero-order chi connectivity index (χ0) is 9.42. The molecule has 0 spiro atoms. The van der Waals surface area contributed by atoms with Gasteiger partial charge in [0.2, 0.25) is 0 Å². The van der Waals surface area contributed by atoms with Crippen LogP contribution in [0.1, 0.15) is 0 Å². The van der Waals surface area contributed by atoms with Crippen LogP contribution in [0.3, 0.4) is 0 Å². The van der Waals surface area contributed by atoms with Gasteiger partial charge in [-0.2, -0.15) is 0 Å². The number of hydrogen-bond donors (Lipinski definition) is 1. The quantitative estimate of drug-likeness (QED) is 0.569. The van der Waals surface area contributed by atoms with E-state index in [1.807, 2.05) is 12.3 Å². The molecule has 0 N–H and O–H groups in total. The summed E-state index contributed by atoms with van der Waals surface area (Å²) in [4.78, 5) is 0.717. The number of rotatable bonds is 1. The van der Waals surface area contributed by atoms with E-state index in [0.717, 1.165) is 14.3 Å². The highest BCUT2D eigenvalue weighted by Crippen LogP contribution is 2.35. The molecular weight excluding hydrogens is 223 g/mol. The highest BCUT2D eigenvalue weighted by Gasteiger charge is 2.08. The lowest BCUT2D eigenvalue weighted by Gasteiger charge is -1.99. The molecule has 0 aliphatic carbocycles. The van der Waals surface area contributed by atoms with E-state index >= 15 is 0 Å². The molecule has 4 heteroatoms. The van der Waals surface area contributed by atoms with Crippen LogP contribution in [-0.4, -0.2) is 6.26 Å². The Labute approximate surface area is 89.6 Å². The second-order valence-electron chi connectivity index (χ2n) is 2.58. The first kappa shape index (κ1) is 9.37. The van der Waals surface area contributed by atoms with Gasteiger partial charge in [0.1, 0.15) is 5.82 Å². The second kappa shape index (κ2) is 3.52. The summed E-state index contributed by atoms with van der Waals surface area (Å²) >= 11 is 7.26. The van der Waals surface area contributed by atoms with Crippen LogP contribution >= 0.6 is 35.7 Å². The van der Waals surface area contributed by atoms with Crippen molar-refractivity contribution in [3.8, 4) is 0 Å². The number of benzene rings is 1. The fourth-order valence-corrected chi connectivity index (χ4v) is 3.20. The molecule has 2 rings (SSSR count). The van der Waals surface area contributed by atoms with Gasteiger partial charge < -0.3 is 0 Å². The maximum atomic E-state index is 13.3. The van der Waals surface area contributed by atoms with Gasteiger partial charge in [-0.05, 0) is 24.5 Å². The zero-order valence-corrected chi connectivity index (χ0v) is 9.40. The second-order valence-corrected chi connectivity index (χ2v) is 5.26. The van der Waals surface area contributed by atoms with Crippen LogP contribution in [-0.2, 0) is 0 Å². The maximum Gasteiger partial charge on any atom is 0.137 e. The van der Waals surface area contributed by atoms with Crippen molar-refractivity contribution >= 4 is 45.8 Å². The topological polar surface area (TPSA) is 0 Å². The minimum Gasteiger partial charge on any atom is -0.206 e. The van der Waals surface area contributed by atoms with Crippen molar-refractivity contribution in [2.45, 2.75) is 9.10 Å². The van der Waals surface area contributed by atoms with E-state index in [9.17, 15) is 4.39 Å². The first-order valence-electron chi connectivity index (χ1n) is 3.67. The maximum absolute atomic E-state index is 13.3. The van der Waals surface area contributed by atoms with E-state index in [1.165, 1.54) is 17.8 Å². The first-order valence-corrected chi connectivity index (χ1v) is 6.16. The SMILES string of the molecule is CSc1c(F)ccc2sc(S)cc12. The van der Waals surface area contributed by atoms with Crippen LogP contribution in [0.25, 0.3) is 10.1 Å². The Morgan fingerprint density at radius 1 is 1.46 bits per heavy atom. The van der Waals surface area contributed by atoms with Crippen molar-refractivity contribution in [3.63, 3.8) is 0 Å². The highest BCUT2D eigenvalue weighted by molar-refractivity contribution is 7.98. The average Bonchev–Trinajstić information content (AvgIpc) is 2.45. The molecule has 0 radical (unpaired) electrons. The highest BCUT2D eigenvalue weighted by atomic mass is 32.2. The molecule has 13 heavy (non-hydrogen) atoms. The fraction of sp³-hybridized carbons (Fsp3) is 0.111. The molecular formula is C9H7FS3. The van der Waals surface area contributed by atoms with Crippen molar-refractivity contribution in [1.29, 1.82) is 0 Å². The summed E-state index contributed by atoms with van der Waals surface area (Å²) in [7, 11) is 0. The molecule has 0 fully saturated rings. The van der Waals surface area contributed by atoms with Crippen molar-refractivity contribution < 1.29 is 4.39 Å². The number of hydrogen-bond acceptors (Lipinski definition) is 3. The molecule has 0 aliphatic rings. The molecule has 1 heterocycles. The summed E-state index contributed by atoms with van der Waals surface area (Å²) in [6.07, 6.45) is 1.88. The van der Waals surface area contributed by atoms with Gasteiger partial charge in [-0.1, -0.05) is 0 Å². The third kappa shape index (κ3) is 1.58. The monoisotopic (exact) mass is 230 g/mol. The molecule has 1 aromatic carbocycles. The molecule has 1 aromatic heterocycles. The van der Waals surface area contributed by atoms with Gasteiger partial charge in [0, 0.05) is 10.1 Å². The van der Waals surface area contributed by atoms with Gasteiger partial charge in [-0.25, -0.2) is 4.39 Å². The number of thiol groups is 1. The Hall–Kier alpha value is -0.190. The van der Waals surface area contributed by atoms with Gasteiger partial charge >= 0.3 is 0 Å². The van der Waals surface area contributed by atoms with E-state index in [-0.39, 0.29) is 5.82 Å². The van der Waals surface area contributed by atoms with E-state index in [1.54, 1.807) is 17.4 Å². The summed E-state index contributed by atoms with van der Waals surface area (Å²) in [5.41, 5.74) is 0. The van der Waals surface area contributed by atoms with Gasteiger partial charge in [0.25, 0.3) is 0 Å². The van der Waals surface area contributed by atoms with E-state index in [4.69, 9.17) is 0 Å². The summed E-state index contributed by atoms with van der Waals surface area (Å²) in [6, 6.07) is 5.23. The summed E-state index contributed by atoms with van der Waals surface area (Å²) in [5.74, 6) is -0.147. The first-order chi connectivity index (χ1) is 6.22. The average molecular weight is 230 g/mol. The van der Waals surface area contributed by atoms with Crippen molar-refractivity contribution in [2.24, 2.45) is 0 Å². The lowest BCUT2D eigenvalue weighted by Crippen LogP contribution is -1.78. The van der Waals surface area contributed by atoms with E-state index in [0.29, 0.717) is 4.90 Å². The van der Waals surface area contributed by atoms with Crippen molar-refractivity contribution in [2.75, 3.05) is 6.26 Å². The third-order valence-corrected chi connectivity index (χ3v) is 3.92. The number of thioether (sulfide) groups is 1. The standard InChI is InChI=1S/C9H7FS3/c1-12-9-5-4-8(11)13-7(5)3-2-6(9)10/h2-4,11H,1H3. The number of fused-ring (bicyclic) bond motifs is 1. The van der Waals surface area contributed by atoms with Crippen molar-refractivity contribution in [3.05, 3.63) is 24.0 Å². The Morgan fingerprint density at radius 3 is 2.92 bits per heavy atom. The van der Waals surface area contributed by atoms with Crippen LogP contribution < -0.4 is 0 Å². The molecule has 2 aromatic rings. The molecule has 0 bridgehead atoms. The van der Waals surface area contributed by atoms with Crippen LogP contribution in [0.2, 0.25) is 0 Å². The summed E-state index contributed by atoms with van der Waals surface area (Å²) in [6.45, 7) is 0. The smallest absolute Gasteiger partial charge is 0.137 e. The zero-order valence-electron chi connectivity index (χ0n) is 6.87. The van der Waals surface area contributed by atoms with Crippen LogP contribution in [0.4, 0.5) is 4.39 Å². The summed E-state index contributed by atoms with van der Waals surface area (Å²) < 4.78 is 15.3. The minimum absolute atomic E-state index is 0.147. The van der Waals surface area contributed by atoms with Crippen LogP contribution in [0, 0.1) is 5.82 Å². The minimum atomic E-state index is -0.147. The largest absolute Gasteiger partial charge is 0.206 e. The lowest BCUT2D eigenvalue weighted by molar-refractivity contribution is 0.606.